The van der Waals surface area contributed by atoms with E-state index in [0.717, 1.165) is 0 Å². The van der Waals surface area contributed by atoms with Gasteiger partial charge in [-0.1, -0.05) is 64.1 Å². The molecule has 0 saturated heterocycles. The van der Waals surface area contributed by atoms with E-state index in [4.69, 9.17) is 46.4 Å². The molecule has 6 heteroatoms. The van der Waals surface area contributed by atoms with Crippen molar-refractivity contribution in [2.45, 2.75) is 9.58 Å². The highest BCUT2D eigenvalue weighted by Crippen LogP contribution is 2.39. The van der Waals surface area contributed by atoms with Crippen LogP contribution in [0.15, 0.2) is 24.3 Å². The van der Waals surface area contributed by atoms with Crippen LogP contribution in [-0.2, 0) is 5.79 Å². The van der Waals surface area contributed by atoms with E-state index < -0.39 is 9.58 Å². The zero-order chi connectivity index (χ0) is 11.0. The highest BCUT2D eigenvalue weighted by molar-refractivity contribution is 6.68. The van der Waals surface area contributed by atoms with Crippen molar-refractivity contribution >= 4 is 46.4 Å². The molecular weight excluding hydrogens is 270 g/mol. The molecule has 0 saturated carbocycles. The highest BCUT2D eigenvalue weighted by atomic mass is 35.6. The van der Waals surface area contributed by atoms with Gasteiger partial charge in [0.15, 0.2) is 3.79 Å². The molecule has 0 radical (unpaired) electrons. The largest absolute Gasteiger partial charge is 0.856 e. The molecule has 0 unspecified atom stereocenters. The summed E-state index contributed by atoms with van der Waals surface area (Å²) in [6.07, 6.45) is 0. The van der Waals surface area contributed by atoms with Crippen LogP contribution >= 0.6 is 46.4 Å². The number of benzene rings is 1. The van der Waals surface area contributed by atoms with E-state index in [2.05, 4.69) is 0 Å². The lowest BCUT2D eigenvalue weighted by atomic mass is 10.1. The molecule has 0 fully saturated rings. The van der Waals surface area contributed by atoms with Gasteiger partial charge in [0.25, 0.3) is 0 Å². The zero-order valence-corrected chi connectivity index (χ0v) is 9.66. The molecular formula is C8H4Cl4O2-2. The second-order valence-electron chi connectivity index (χ2n) is 2.62. The van der Waals surface area contributed by atoms with Crippen LogP contribution < -0.4 is 10.2 Å². The van der Waals surface area contributed by atoms with Crippen LogP contribution in [0, 0.1) is 0 Å². The summed E-state index contributed by atoms with van der Waals surface area (Å²) >= 11 is 21.4. The topological polar surface area (TPSA) is 46.1 Å². The summed E-state index contributed by atoms with van der Waals surface area (Å²) in [7, 11) is 0. The van der Waals surface area contributed by atoms with Crippen LogP contribution in [0.25, 0.3) is 0 Å². The maximum atomic E-state index is 11.4. The fraction of sp³-hybridized carbons (Fsp3) is 0.250. The highest BCUT2D eigenvalue weighted by Gasteiger charge is 2.29. The van der Waals surface area contributed by atoms with E-state index in [1.807, 2.05) is 0 Å². The Kier molecular flexibility index (Phi) is 3.58. The van der Waals surface area contributed by atoms with Crippen molar-refractivity contribution in [1.29, 1.82) is 0 Å². The molecule has 1 aromatic carbocycles. The lowest BCUT2D eigenvalue weighted by molar-refractivity contribution is -0.733. The van der Waals surface area contributed by atoms with Crippen molar-refractivity contribution in [2.75, 3.05) is 0 Å². The Hall–Kier alpha value is 0.300. The Bertz CT molecular complexity index is 315. The lowest BCUT2D eigenvalue weighted by Gasteiger charge is -2.54. The molecule has 14 heavy (non-hydrogen) atoms. The average molecular weight is 274 g/mol. The second kappa shape index (κ2) is 4.05. The van der Waals surface area contributed by atoms with Gasteiger partial charge in [0, 0.05) is 5.02 Å². The van der Waals surface area contributed by atoms with Crippen molar-refractivity contribution in [3.05, 3.63) is 34.9 Å². The summed E-state index contributed by atoms with van der Waals surface area (Å²) in [4.78, 5) is 0. The van der Waals surface area contributed by atoms with Crippen molar-refractivity contribution in [3.63, 3.8) is 0 Å². The summed E-state index contributed by atoms with van der Waals surface area (Å²) < 4.78 is -2.44. The Morgan fingerprint density at radius 3 is 1.71 bits per heavy atom. The summed E-state index contributed by atoms with van der Waals surface area (Å²) in [5, 5.41) is 23.3. The molecule has 78 valence electrons. The number of alkyl halides is 3. The molecule has 0 amide bonds. The Balaban J connectivity index is 3.10. The minimum absolute atomic E-state index is 0.165. The first kappa shape index (κ1) is 12.4. The molecule has 0 aromatic heterocycles. The van der Waals surface area contributed by atoms with Crippen LogP contribution in [0.3, 0.4) is 0 Å². The average Bonchev–Trinajstić information content (AvgIpc) is 2.03. The first-order valence-corrected chi connectivity index (χ1v) is 5.00. The number of hydrogen-bond acceptors (Lipinski definition) is 2. The van der Waals surface area contributed by atoms with Gasteiger partial charge in [-0.05, 0) is 12.1 Å². The van der Waals surface area contributed by atoms with E-state index in [-0.39, 0.29) is 5.56 Å². The monoisotopic (exact) mass is 272 g/mol. The molecule has 0 heterocycles. The normalized spacial score (nSPS) is 13.0. The summed E-state index contributed by atoms with van der Waals surface area (Å²) in [5.74, 6) is -3.04. The van der Waals surface area contributed by atoms with Gasteiger partial charge >= 0.3 is 0 Å². The maximum Gasteiger partial charge on any atom is 0.169 e. The Morgan fingerprint density at radius 2 is 1.36 bits per heavy atom. The first-order valence-electron chi connectivity index (χ1n) is 3.49. The third-order valence-corrected chi connectivity index (χ3v) is 2.60. The van der Waals surface area contributed by atoms with Crippen LogP contribution in [0.1, 0.15) is 5.56 Å². The van der Waals surface area contributed by atoms with Gasteiger partial charge in [0.2, 0.25) is 0 Å². The number of halogens is 4. The van der Waals surface area contributed by atoms with E-state index in [0.29, 0.717) is 5.02 Å². The standard InChI is InChI=1S/C8H4Cl4O2/c9-6-3-1-5(2-4-6)7(13,14)8(10,11)12/h1-4H/q-2. The molecule has 0 N–H and O–H groups in total. The molecule has 0 aliphatic carbocycles. The van der Waals surface area contributed by atoms with Crippen LogP contribution in [-0.4, -0.2) is 3.79 Å². The van der Waals surface area contributed by atoms with Gasteiger partial charge in [-0.2, -0.15) is 0 Å². The van der Waals surface area contributed by atoms with Crippen LogP contribution in [0.2, 0.25) is 5.02 Å². The van der Waals surface area contributed by atoms with E-state index in [9.17, 15) is 10.2 Å². The Labute approximate surface area is 101 Å². The second-order valence-corrected chi connectivity index (χ2v) is 5.34. The van der Waals surface area contributed by atoms with Crippen molar-refractivity contribution in [2.24, 2.45) is 0 Å². The molecule has 0 spiro atoms. The fourth-order valence-electron chi connectivity index (χ4n) is 0.833. The van der Waals surface area contributed by atoms with Gasteiger partial charge < -0.3 is 10.2 Å². The molecule has 1 rings (SSSR count). The fourth-order valence-corrected chi connectivity index (χ4v) is 1.29. The Morgan fingerprint density at radius 1 is 0.929 bits per heavy atom. The van der Waals surface area contributed by atoms with Crippen molar-refractivity contribution in [1.82, 2.24) is 0 Å². The third kappa shape index (κ3) is 2.45. The summed E-state index contributed by atoms with van der Waals surface area (Å²) in [6.45, 7) is 0. The van der Waals surface area contributed by atoms with E-state index >= 15 is 0 Å². The quantitative estimate of drug-likeness (QED) is 0.576. The minimum Gasteiger partial charge on any atom is -0.856 e. The first-order chi connectivity index (χ1) is 6.25. The van der Waals surface area contributed by atoms with Crippen molar-refractivity contribution < 1.29 is 10.2 Å². The molecule has 0 aliphatic heterocycles. The summed E-state index contributed by atoms with van der Waals surface area (Å²) in [5.41, 5.74) is -0.165. The molecule has 0 bridgehead atoms. The molecule has 2 nitrogen and oxygen atoms in total. The predicted molar refractivity (Wildman–Crippen MR) is 53.4 cm³/mol. The molecule has 1 aromatic rings. The molecule has 0 aliphatic rings. The SMILES string of the molecule is [O-]C([O-])(c1ccc(Cl)cc1)C(Cl)(Cl)Cl. The van der Waals surface area contributed by atoms with Crippen LogP contribution in [0.5, 0.6) is 0 Å². The smallest absolute Gasteiger partial charge is 0.169 e. The number of rotatable bonds is 1. The third-order valence-electron chi connectivity index (χ3n) is 1.60. The van der Waals surface area contributed by atoms with Crippen molar-refractivity contribution in [3.8, 4) is 0 Å². The van der Waals surface area contributed by atoms with Gasteiger partial charge in [0.1, 0.15) is 0 Å². The predicted octanol–water partition coefficient (Wildman–Crippen LogP) is 1.58. The van der Waals surface area contributed by atoms with Gasteiger partial charge in [0.05, 0.1) is 0 Å². The minimum atomic E-state index is -3.04. The lowest BCUT2D eigenvalue weighted by Crippen LogP contribution is -2.61. The van der Waals surface area contributed by atoms with Crippen LogP contribution in [0.4, 0.5) is 0 Å². The maximum absolute atomic E-state index is 11.4. The summed E-state index contributed by atoms with van der Waals surface area (Å²) in [6, 6.07) is 5.25. The van der Waals surface area contributed by atoms with E-state index in [1.54, 1.807) is 0 Å². The van der Waals surface area contributed by atoms with E-state index in [1.165, 1.54) is 24.3 Å². The van der Waals surface area contributed by atoms with Gasteiger partial charge in [-0.3, -0.25) is 0 Å². The zero-order valence-electron chi connectivity index (χ0n) is 6.64. The van der Waals surface area contributed by atoms with Gasteiger partial charge in [-0.25, -0.2) is 0 Å². The molecule has 0 atom stereocenters. The number of hydrogen-bond donors (Lipinski definition) is 0. The van der Waals surface area contributed by atoms with Gasteiger partial charge in [-0.15, -0.1) is 5.79 Å².